The van der Waals surface area contributed by atoms with E-state index < -0.39 is 5.60 Å². The standard InChI is InChI=1S/C25H27NO2/c1-26-22(19-11-5-3-6-12-19)17-25(27,21-15-9-10-16-24(21)28-2)18-23(26)20-13-7-4-8-14-20/h3-16,22-23,27H,17-18H2,1-2H3/p+1/t22-,23-/m1/s1. The summed E-state index contributed by atoms with van der Waals surface area (Å²) in [5.74, 6) is 0.753. The molecule has 1 aliphatic heterocycles. The van der Waals surface area contributed by atoms with Crippen molar-refractivity contribution in [3.8, 4) is 5.75 Å². The highest BCUT2D eigenvalue weighted by Gasteiger charge is 2.48. The minimum Gasteiger partial charge on any atom is -0.496 e. The Morgan fingerprint density at radius 2 is 1.25 bits per heavy atom. The van der Waals surface area contributed by atoms with E-state index in [1.54, 1.807) is 7.11 Å². The van der Waals surface area contributed by atoms with Crippen LogP contribution in [0, 0.1) is 0 Å². The molecule has 4 rings (SSSR count). The second-order valence-electron chi connectivity index (χ2n) is 7.81. The Kier molecular flexibility index (Phi) is 5.21. The van der Waals surface area contributed by atoms with E-state index >= 15 is 0 Å². The topological polar surface area (TPSA) is 33.9 Å². The highest BCUT2D eigenvalue weighted by Crippen LogP contribution is 2.44. The SMILES string of the molecule is COc1ccccc1C1(O)C[C@H](c2ccccc2)[NH+](C)[C@@H](c2ccccc2)C1. The molecule has 0 bridgehead atoms. The number of benzene rings is 3. The lowest BCUT2D eigenvalue weighted by Gasteiger charge is -2.45. The van der Waals surface area contributed by atoms with E-state index in [4.69, 9.17) is 4.74 Å². The molecule has 1 aliphatic rings. The van der Waals surface area contributed by atoms with Gasteiger partial charge in [-0.1, -0.05) is 78.9 Å². The third-order valence-electron chi connectivity index (χ3n) is 6.20. The predicted octanol–water partition coefficient (Wildman–Crippen LogP) is 3.67. The van der Waals surface area contributed by atoms with Crippen molar-refractivity contribution in [2.24, 2.45) is 0 Å². The number of rotatable bonds is 4. The molecule has 0 aromatic heterocycles. The van der Waals surface area contributed by atoms with Crippen LogP contribution in [0.15, 0.2) is 84.9 Å². The average Bonchev–Trinajstić information content (AvgIpc) is 2.76. The Balaban J connectivity index is 1.81. The van der Waals surface area contributed by atoms with Crippen LogP contribution in [0.5, 0.6) is 5.75 Å². The number of ether oxygens (including phenoxy) is 1. The van der Waals surface area contributed by atoms with Gasteiger partial charge in [-0.3, -0.25) is 0 Å². The van der Waals surface area contributed by atoms with Gasteiger partial charge in [0.05, 0.1) is 14.2 Å². The zero-order valence-corrected chi connectivity index (χ0v) is 16.5. The van der Waals surface area contributed by atoms with E-state index in [9.17, 15) is 5.11 Å². The first-order chi connectivity index (χ1) is 13.6. The summed E-state index contributed by atoms with van der Waals surface area (Å²) in [6, 6.07) is 29.4. The van der Waals surface area contributed by atoms with Crippen LogP contribution in [0.2, 0.25) is 0 Å². The fraction of sp³-hybridized carbons (Fsp3) is 0.280. The first kappa shape index (κ1) is 18.7. The second kappa shape index (κ2) is 7.78. The highest BCUT2D eigenvalue weighted by molar-refractivity contribution is 5.39. The van der Waals surface area contributed by atoms with Gasteiger partial charge in [-0.15, -0.1) is 0 Å². The number of methoxy groups -OCH3 is 1. The number of nitrogens with one attached hydrogen (secondary N) is 1. The van der Waals surface area contributed by atoms with Crippen molar-refractivity contribution in [3.63, 3.8) is 0 Å². The van der Waals surface area contributed by atoms with E-state index in [0.717, 1.165) is 11.3 Å². The van der Waals surface area contributed by atoms with Crippen LogP contribution >= 0.6 is 0 Å². The Hall–Kier alpha value is -2.62. The molecule has 0 saturated carbocycles. The van der Waals surface area contributed by atoms with Crippen LogP contribution in [-0.2, 0) is 5.60 Å². The van der Waals surface area contributed by atoms with Gasteiger partial charge in [-0.25, -0.2) is 0 Å². The monoisotopic (exact) mass is 374 g/mol. The van der Waals surface area contributed by atoms with Crippen LogP contribution in [0.3, 0.4) is 0 Å². The normalized spacial score (nSPS) is 27.3. The zero-order chi connectivity index (χ0) is 19.6. The van der Waals surface area contributed by atoms with Gasteiger partial charge in [-0.05, 0) is 6.07 Å². The van der Waals surface area contributed by atoms with Gasteiger partial charge in [0, 0.05) is 29.5 Å². The summed E-state index contributed by atoms with van der Waals surface area (Å²) in [4.78, 5) is 1.41. The molecule has 3 aromatic carbocycles. The predicted molar refractivity (Wildman–Crippen MR) is 111 cm³/mol. The maximum Gasteiger partial charge on any atom is 0.124 e. The maximum atomic E-state index is 11.9. The summed E-state index contributed by atoms with van der Waals surface area (Å²) in [6.45, 7) is 0. The molecule has 0 aliphatic carbocycles. The van der Waals surface area contributed by atoms with E-state index in [1.807, 2.05) is 36.4 Å². The Morgan fingerprint density at radius 1 is 0.786 bits per heavy atom. The van der Waals surface area contributed by atoms with Crippen LogP contribution in [-0.4, -0.2) is 19.3 Å². The number of likely N-dealkylation sites (tertiary alicyclic amines) is 1. The summed E-state index contributed by atoms with van der Waals surface area (Å²) >= 11 is 0. The fourth-order valence-corrected chi connectivity index (χ4v) is 4.70. The first-order valence-electron chi connectivity index (χ1n) is 9.91. The summed E-state index contributed by atoms with van der Waals surface area (Å²) in [5.41, 5.74) is 2.45. The van der Waals surface area contributed by atoms with Gasteiger partial charge in [0.15, 0.2) is 0 Å². The lowest BCUT2D eigenvalue weighted by molar-refractivity contribution is -0.952. The van der Waals surface area contributed by atoms with E-state index in [0.29, 0.717) is 12.8 Å². The summed E-state index contributed by atoms with van der Waals surface area (Å²) in [5, 5.41) is 11.9. The highest BCUT2D eigenvalue weighted by atomic mass is 16.5. The molecule has 3 aromatic rings. The number of para-hydroxylation sites is 1. The van der Waals surface area contributed by atoms with Gasteiger partial charge in [0.25, 0.3) is 0 Å². The smallest absolute Gasteiger partial charge is 0.124 e. The van der Waals surface area contributed by atoms with Crippen LogP contribution in [0.25, 0.3) is 0 Å². The van der Waals surface area contributed by atoms with E-state index in [1.165, 1.54) is 16.0 Å². The van der Waals surface area contributed by atoms with Crippen LogP contribution < -0.4 is 9.64 Å². The minimum absolute atomic E-state index is 0.190. The van der Waals surface area contributed by atoms with Gasteiger partial charge in [0.1, 0.15) is 23.4 Å². The largest absolute Gasteiger partial charge is 0.496 e. The first-order valence-corrected chi connectivity index (χ1v) is 9.91. The van der Waals surface area contributed by atoms with Crippen molar-refractivity contribution >= 4 is 0 Å². The summed E-state index contributed by atoms with van der Waals surface area (Å²) < 4.78 is 5.61. The number of piperidine rings is 1. The molecule has 1 heterocycles. The van der Waals surface area contributed by atoms with Gasteiger partial charge >= 0.3 is 0 Å². The van der Waals surface area contributed by atoms with Crippen molar-refractivity contribution in [2.45, 2.75) is 30.5 Å². The quantitative estimate of drug-likeness (QED) is 0.731. The lowest BCUT2D eigenvalue weighted by atomic mass is 9.74. The van der Waals surface area contributed by atoms with Crippen molar-refractivity contribution < 1.29 is 14.7 Å². The number of aliphatic hydroxyl groups is 1. The van der Waals surface area contributed by atoms with E-state index in [2.05, 4.69) is 55.6 Å². The molecule has 0 amide bonds. The van der Waals surface area contributed by atoms with Gasteiger partial charge in [0.2, 0.25) is 0 Å². The minimum atomic E-state index is -0.951. The molecule has 3 nitrogen and oxygen atoms in total. The van der Waals surface area contributed by atoms with Crippen molar-refractivity contribution in [3.05, 3.63) is 102 Å². The average molecular weight is 375 g/mol. The molecule has 144 valence electrons. The third-order valence-corrected chi connectivity index (χ3v) is 6.20. The van der Waals surface area contributed by atoms with Crippen molar-refractivity contribution in [1.82, 2.24) is 0 Å². The summed E-state index contributed by atoms with van der Waals surface area (Å²) in [7, 11) is 3.92. The molecule has 0 radical (unpaired) electrons. The molecule has 1 fully saturated rings. The maximum absolute atomic E-state index is 11.9. The van der Waals surface area contributed by atoms with Crippen LogP contribution in [0.4, 0.5) is 0 Å². The Morgan fingerprint density at radius 3 is 1.75 bits per heavy atom. The molecule has 28 heavy (non-hydrogen) atoms. The molecule has 0 spiro atoms. The Bertz CT molecular complexity index is 861. The third kappa shape index (κ3) is 3.44. The number of hydrogen-bond acceptors (Lipinski definition) is 2. The molecule has 2 N–H and O–H groups in total. The second-order valence-corrected chi connectivity index (χ2v) is 7.81. The zero-order valence-electron chi connectivity index (χ0n) is 16.5. The summed E-state index contributed by atoms with van der Waals surface area (Å²) in [6.07, 6.45) is 1.32. The van der Waals surface area contributed by atoms with Crippen molar-refractivity contribution in [2.75, 3.05) is 14.2 Å². The number of quaternary nitrogens is 1. The molecule has 0 unspecified atom stereocenters. The van der Waals surface area contributed by atoms with Gasteiger partial charge < -0.3 is 14.7 Å². The number of hydrogen-bond donors (Lipinski definition) is 2. The van der Waals surface area contributed by atoms with E-state index in [-0.39, 0.29) is 12.1 Å². The fourth-order valence-electron chi connectivity index (χ4n) is 4.70. The molecule has 1 saturated heterocycles. The molecular formula is C25H28NO2+. The molecule has 2 atom stereocenters. The lowest BCUT2D eigenvalue weighted by Crippen LogP contribution is -3.11. The van der Waals surface area contributed by atoms with Gasteiger partial charge in [-0.2, -0.15) is 0 Å². The Labute approximate surface area is 167 Å². The molecule has 3 heteroatoms. The molecular weight excluding hydrogens is 346 g/mol. The van der Waals surface area contributed by atoms with Crippen LogP contribution in [0.1, 0.15) is 41.6 Å². The van der Waals surface area contributed by atoms with Crippen molar-refractivity contribution in [1.29, 1.82) is 0 Å².